The van der Waals surface area contributed by atoms with Crippen molar-refractivity contribution < 1.29 is 31.5 Å². The first-order valence-corrected chi connectivity index (χ1v) is 6.72. The fourth-order valence-electron chi connectivity index (χ4n) is 1.42. The smallest absolute Gasteiger partial charge is 0.475 e. The number of aliphatic carboxylic acids is 1. The highest BCUT2D eigenvalue weighted by molar-refractivity contribution is 7.87. The largest absolute Gasteiger partial charge is 0.490 e. The molecule has 0 aromatic carbocycles. The molecule has 1 saturated heterocycles. The summed E-state index contributed by atoms with van der Waals surface area (Å²) in [5.74, 6) is -2.13. The van der Waals surface area contributed by atoms with Crippen LogP contribution in [0.3, 0.4) is 0 Å². The molecule has 0 spiro atoms. The van der Waals surface area contributed by atoms with Gasteiger partial charge in [0, 0.05) is 19.6 Å². The van der Waals surface area contributed by atoms with Gasteiger partial charge >= 0.3 is 12.1 Å². The number of rotatable bonds is 4. The summed E-state index contributed by atoms with van der Waals surface area (Å²) in [5.41, 5.74) is 0. The molecule has 7 nitrogen and oxygen atoms in total. The van der Waals surface area contributed by atoms with Gasteiger partial charge in [0.15, 0.2) is 0 Å². The molecular weight excluding hydrogens is 291 g/mol. The van der Waals surface area contributed by atoms with Gasteiger partial charge in [-0.3, -0.25) is 0 Å². The van der Waals surface area contributed by atoms with Crippen molar-refractivity contribution in [2.45, 2.75) is 12.6 Å². The number of carbonyl (C=O) groups is 1. The summed E-state index contributed by atoms with van der Waals surface area (Å²) in [4.78, 5) is 11.1. The SMILES string of the molecule is CN1CC(CCNS(N)(=O)=O)C1.O=C(O)C(F)(F)F. The van der Waals surface area contributed by atoms with Crippen molar-refractivity contribution in [1.29, 1.82) is 0 Å². The number of hydrogen-bond donors (Lipinski definition) is 3. The lowest BCUT2D eigenvalue weighted by Gasteiger charge is -2.36. The molecular formula is C8H16F3N3O4S. The van der Waals surface area contributed by atoms with Crippen molar-refractivity contribution in [3.05, 3.63) is 0 Å². The van der Waals surface area contributed by atoms with E-state index in [9.17, 15) is 21.6 Å². The summed E-state index contributed by atoms with van der Waals surface area (Å²) in [6.07, 6.45) is -4.21. The molecule has 0 unspecified atom stereocenters. The molecule has 0 saturated carbocycles. The fourth-order valence-corrected chi connectivity index (χ4v) is 1.82. The third-order valence-electron chi connectivity index (χ3n) is 2.24. The van der Waals surface area contributed by atoms with Crippen molar-refractivity contribution in [3.8, 4) is 0 Å². The number of carboxylic acids is 1. The summed E-state index contributed by atoms with van der Waals surface area (Å²) in [7, 11) is -1.44. The number of likely N-dealkylation sites (tertiary alicyclic amines) is 1. The van der Waals surface area contributed by atoms with E-state index in [-0.39, 0.29) is 0 Å². The summed E-state index contributed by atoms with van der Waals surface area (Å²) in [6.45, 7) is 2.58. The molecule has 0 amide bonds. The van der Waals surface area contributed by atoms with Crippen LogP contribution in [0.5, 0.6) is 0 Å². The number of halogens is 3. The van der Waals surface area contributed by atoms with E-state index in [0.717, 1.165) is 19.5 Å². The summed E-state index contributed by atoms with van der Waals surface area (Å²) >= 11 is 0. The Morgan fingerprint density at radius 2 is 1.89 bits per heavy atom. The van der Waals surface area contributed by atoms with Gasteiger partial charge in [0.1, 0.15) is 0 Å². The van der Waals surface area contributed by atoms with Gasteiger partial charge in [0.2, 0.25) is 0 Å². The van der Waals surface area contributed by atoms with Gasteiger partial charge in [-0.2, -0.15) is 21.6 Å². The molecule has 1 aliphatic rings. The third-order valence-corrected chi connectivity index (χ3v) is 2.84. The molecule has 0 aliphatic carbocycles. The van der Waals surface area contributed by atoms with E-state index >= 15 is 0 Å². The lowest BCUT2D eigenvalue weighted by atomic mass is 9.98. The second-order valence-electron chi connectivity index (χ2n) is 4.12. The van der Waals surface area contributed by atoms with E-state index in [1.165, 1.54) is 0 Å². The van der Waals surface area contributed by atoms with Crippen molar-refractivity contribution in [2.24, 2.45) is 11.1 Å². The van der Waals surface area contributed by atoms with Crippen LogP contribution in [-0.4, -0.2) is 57.3 Å². The minimum Gasteiger partial charge on any atom is -0.475 e. The number of nitrogens with one attached hydrogen (secondary N) is 1. The second-order valence-corrected chi connectivity index (χ2v) is 5.50. The van der Waals surface area contributed by atoms with E-state index in [4.69, 9.17) is 15.0 Å². The Morgan fingerprint density at radius 3 is 2.16 bits per heavy atom. The van der Waals surface area contributed by atoms with Gasteiger partial charge in [-0.1, -0.05) is 0 Å². The highest BCUT2D eigenvalue weighted by Gasteiger charge is 2.38. The van der Waals surface area contributed by atoms with Crippen LogP contribution >= 0.6 is 0 Å². The molecule has 0 aromatic rings. The Hall–Kier alpha value is -0.910. The third kappa shape index (κ3) is 9.64. The zero-order chi connectivity index (χ0) is 15.3. The average molecular weight is 307 g/mol. The van der Waals surface area contributed by atoms with Gasteiger partial charge in [0.05, 0.1) is 0 Å². The van der Waals surface area contributed by atoms with Crippen molar-refractivity contribution in [2.75, 3.05) is 26.7 Å². The number of carboxylic acid groups (broad SMARTS) is 1. The van der Waals surface area contributed by atoms with E-state index in [0.29, 0.717) is 12.5 Å². The maximum atomic E-state index is 10.6. The minimum absolute atomic E-state index is 0.456. The monoisotopic (exact) mass is 307 g/mol. The van der Waals surface area contributed by atoms with Gasteiger partial charge in [-0.15, -0.1) is 0 Å². The first kappa shape index (κ1) is 18.1. The van der Waals surface area contributed by atoms with Crippen LogP contribution in [0.25, 0.3) is 0 Å². The van der Waals surface area contributed by atoms with Crippen LogP contribution < -0.4 is 9.86 Å². The zero-order valence-corrected chi connectivity index (χ0v) is 11.0. The van der Waals surface area contributed by atoms with Crippen LogP contribution in [0.4, 0.5) is 13.2 Å². The first-order valence-electron chi connectivity index (χ1n) is 5.18. The van der Waals surface area contributed by atoms with E-state index in [1.54, 1.807) is 0 Å². The predicted octanol–water partition coefficient (Wildman–Crippen LogP) is -0.635. The number of alkyl halides is 3. The molecule has 0 bridgehead atoms. The van der Waals surface area contributed by atoms with Crippen molar-refractivity contribution in [1.82, 2.24) is 9.62 Å². The summed E-state index contributed by atoms with van der Waals surface area (Å²) in [5, 5.41) is 11.9. The van der Waals surface area contributed by atoms with Crippen LogP contribution in [0.1, 0.15) is 6.42 Å². The summed E-state index contributed by atoms with van der Waals surface area (Å²) < 4.78 is 54.9. The molecule has 1 aliphatic heterocycles. The van der Waals surface area contributed by atoms with E-state index in [2.05, 4.69) is 9.62 Å². The minimum atomic E-state index is -5.08. The first-order chi connectivity index (χ1) is 8.42. The quantitative estimate of drug-likeness (QED) is 0.640. The topological polar surface area (TPSA) is 113 Å². The van der Waals surface area contributed by atoms with Crippen LogP contribution in [0, 0.1) is 5.92 Å². The van der Waals surface area contributed by atoms with Gasteiger partial charge in [0.25, 0.3) is 10.2 Å². The Labute approximate surface area is 108 Å². The van der Waals surface area contributed by atoms with E-state index in [1.807, 2.05) is 7.05 Å². The van der Waals surface area contributed by atoms with Crippen molar-refractivity contribution >= 4 is 16.2 Å². The molecule has 19 heavy (non-hydrogen) atoms. The van der Waals surface area contributed by atoms with Crippen LogP contribution in [-0.2, 0) is 15.0 Å². The maximum absolute atomic E-state index is 10.6. The highest BCUT2D eigenvalue weighted by Crippen LogP contribution is 2.15. The fraction of sp³-hybridized carbons (Fsp3) is 0.875. The van der Waals surface area contributed by atoms with Gasteiger partial charge < -0.3 is 10.0 Å². The Kier molecular flexibility index (Phi) is 6.69. The van der Waals surface area contributed by atoms with Crippen LogP contribution in [0.15, 0.2) is 0 Å². The standard InChI is InChI=1S/C6H15N3O2S.C2HF3O2/c1-9-4-6(5-9)2-3-8-12(7,10)11;3-2(4,5)1(6)7/h6,8H,2-5H2,1H3,(H2,7,10,11);(H,6,7). The molecule has 114 valence electrons. The number of nitrogens with two attached hydrogens (primary N) is 1. The molecule has 1 rings (SSSR count). The molecule has 11 heteroatoms. The zero-order valence-electron chi connectivity index (χ0n) is 10.1. The molecule has 1 fully saturated rings. The predicted molar refractivity (Wildman–Crippen MR) is 60.4 cm³/mol. The molecule has 0 aromatic heterocycles. The number of nitrogens with zero attached hydrogens (tertiary/aromatic N) is 1. The van der Waals surface area contributed by atoms with Crippen LogP contribution in [0.2, 0.25) is 0 Å². The normalized spacial score (nSPS) is 17.3. The molecule has 0 radical (unpaired) electrons. The average Bonchev–Trinajstić information content (AvgIpc) is 2.12. The lowest BCUT2D eigenvalue weighted by molar-refractivity contribution is -0.192. The second kappa shape index (κ2) is 7.03. The van der Waals surface area contributed by atoms with E-state index < -0.39 is 22.4 Å². The molecule has 4 N–H and O–H groups in total. The lowest BCUT2D eigenvalue weighted by Crippen LogP contribution is -2.45. The Bertz CT molecular complexity index is 393. The maximum Gasteiger partial charge on any atom is 0.490 e. The van der Waals surface area contributed by atoms with Gasteiger partial charge in [-0.25, -0.2) is 14.7 Å². The Morgan fingerprint density at radius 1 is 1.47 bits per heavy atom. The summed E-state index contributed by atoms with van der Waals surface area (Å²) in [6, 6.07) is 0. The molecule has 1 heterocycles. The highest BCUT2D eigenvalue weighted by atomic mass is 32.2. The van der Waals surface area contributed by atoms with Gasteiger partial charge in [-0.05, 0) is 19.4 Å². The van der Waals surface area contributed by atoms with Crippen molar-refractivity contribution in [3.63, 3.8) is 0 Å². The number of hydrogen-bond acceptors (Lipinski definition) is 4. The molecule has 0 atom stereocenters. The Balaban J connectivity index is 0.000000399.